The maximum Gasteiger partial charge on any atom is 0.242 e. The fourth-order valence-electron chi connectivity index (χ4n) is 2.54. The van der Waals surface area contributed by atoms with Gasteiger partial charge >= 0.3 is 0 Å². The highest BCUT2D eigenvalue weighted by Crippen LogP contribution is 2.25. The summed E-state index contributed by atoms with van der Waals surface area (Å²) in [5.74, 6) is 0.208. The zero-order valence-corrected chi connectivity index (χ0v) is 13.1. The van der Waals surface area contributed by atoms with Gasteiger partial charge in [0.1, 0.15) is 0 Å². The Hall–Kier alpha value is -0.580. The molecule has 0 spiro atoms. The summed E-state index contributed by atoms with van der Waals surface area (Å²) in [6, 6.07) is 3.89. The Morgan fingerprint density at radius 2 is 2.32 bits per heavy atom. The molecule has 1 aliphatic heterocycles. The molecule has 1 atom stereocenters. The number of halogens is 1. The molecule has 1 N–H and O–H groups in total. The largest absolute Gasteiger partial charge is 0.336 e. The third kappa shape index (κ3) is 3.50. The van der Waals surface area contributed by atoms with Gasteiger partial charge in [-0.15, -0.1) is 11.3 Å². The first-order valence-corrected chi connectivity index (χ1v) is 8.03. The lowest BCUT2D eigenvalue weighted by atomic mass is 9.89. The van der Waals surface area contributed by atoms with Crippen LogP contribution in [0.2, 0.25) is 4.34 Å². The molecule has 1 unspecified atom stereocenters. The van der Waals surface area contributed by atoms with E-state index in [0.717, 1.165) is 41.6 Å². The second kappa shape index (κ2) is 6.25. The normalized spacial score (nSPS) is 23.3. The van der Waals surface area contributed by atoms with Crippen molar-refractivity contribution in [2.24, 2.45) is 0 Å². The molecular formula is C14H21ClN2OS. The zero-order valence-electron chi connectivity index (χ0n) is 11.5. The van der Waals surface area contributed by atoms with Crippen LogP contribution in [0.5, 0.6) is 0 Å². The molecule has 1 aliphatic rings. The number of hydrogen-bond acceptors (Lipinski definition) is 3. The fraction of sp³-hybridized carbons (Fsp3) is 0.643. The first-order chi connectivity index (χ1) is 9.05. The fourth-order valence-corrected chi connectivity index (χ4v) is 3.64. The van der Waals surface area contributed by atoms with Crippen molar-refractivity contribution < 1.29 is 4.79 Å². The van der Waals surface area contributed by atoms with Gasteiger partial charge in [-0.25, -0.2) is 0 Å². The van der Waals surface area contributed by atoms with Crippen molar-refractivity contribution in [1.29, 1.82) is 0 Å². The van der Waals surface area contributed by atoms with Crippen LogP contribution in [0.4, 0.5) is 0 Å². The molecule has 3 nitrogen and oxygen atoms in total. The zero-order chi connectivity index (χ0) is 13.9. The summed E-state index contributed by atoms with van der Waals surface area (Å²) in [6.07, 6.45) is 3.21. The summed E-state index contributed by atoms with van der Waals surface area (Å²) in [4.78, 5) is 15.8. The van der Waals surface area contributed by atoms with E-state index in [4.69, 9.17) is 11.6 Å². The Bertz CT molecular complexity index is 440. The summed E-state index contributed by atoms with van der Waals surface area (Å²) in [5.41, 5.74) is -0.394. The first-order valence-electron chi connectivity index (χ1n) is 6.84. The summed E-state index contributed by atoms with van der Waals surface area (Å²) in [7, 11) is 0. The van der Waals surface area contributed by atoms with Crippen LogP contribution in [0.1, 0.15) is 38.0 Å². The number of rotatable bonds is 4. The Morgan fingerprint density at radius 1 is 1.53 bits per heavy atom. The third-order valence-electron chi connectivity index (χ3n) is 3.74. The topological polar surface area (TPSA) is 32.3 Å². The molecule has 0 saturated carbocycles. The van der Waals surface area contributed by atoms with Crippen LogP contribution < -0.4 is 5.32 Å². The molecule has 0 bridgehead atoms. The number of carbonyl (C=O) groups is 1. The van der Waals surface area contributed by atoms with Gasteiger partial charge in [-0.05, 0) is 51.8 Å². The average molecular weight is 301 g/mol. The van der Waals surface area contributed by atoms with Crippen LogP contribution in [0.3, 0.4) is 0 Å². The van der Waals surface area contributed by atoms with E-state index in [1.165, 1.54) is 0 Å². The second-order valence-electron chi connectivity index (χ2n) is 5.24. The number of nitrogens with one attached hydrogen (secondary N) is 1. The average Bonchev–Trinajstić information content (AvgIpc) is 2.81. The summed E-state index contributed by atoms with van der Waals surface area (Å²) in [5, 5.41) is 3.39. The van der Waals surface area contributed by atoms with E-state index >= 15 is 0 Å². The van der Waals surface area contributed by atoms with Gasteiger partial charge in [-0.2, -0.15) is 0 Å². The Labute approximate surface area is 123 Å². The van der Waals surface area contributed by atoms with Gasteiger partial charge in [0.2, 0.25) is 5.91 Å². The van der Waals surface area contributed by atoms with Gasteiger partial charge in [0.25, 0.3) is 0 Å². The number of carbonyl (C=O) groups excluding carboxylic acids is 1. The van der Waals surface area contributed by atoms with Crippen molar-refractivity contribution in [3.63, 3.8) is 0 Å². The summed E-state index contributed by atoms with van der Waals surface area (Å²) < 4.78 is 0.778. The lowest BCUT2D eigenvalue weighted by Crippen LogP contribution is -2.57. The van der Waals surface area contributed by atoms with E-state index in [1.54, 1.807) is 11.3 Å². The molecule has 5 heteroatoms. The minimum Gasteiger partial charge on any atom is -0.336 e. The quantitative estimate of drug-likeness (QED) is 0.925. The summed E-state index contributed by atoms with van der Waals surface area (Å²) in [6.45, 7) is 6.37. The van der Waals surface area contributed by atoms with E-state index in [9.17, 15) is 4.79 Å². The minimum atomic E-state index is -0.394. The highest BCUT2D eigenvalue weighted by atomic mass is 35.5. The maximum atomic E-state index is 12.7. The van der Waals surface area contributed by atoms with Crippen LogP contribution in [-0.4, -0.2) is 29.4 Å². The smallest absolute Gasteiger partial charge is 0.242 e. The molecule has 1 saturated heterocycles. The number of thiophene rings is 1. The predicted octanol–water partition coefficient (Wildman–Crippen LogP) is 3.28. The van der Waals surface area contributed by atoms with Crippen molar-refractivity contribution in [3.8, 4) is 0 Å². The van der Waals surface area contributed by atoms with Gasteiger partial charge in [0, 0.05) is 11.4 Å². The van der Waals surface area contributed by atoms with Crippen LogP contribution in [0, 0.1) is 0 Å². The van der Waals surface area contributed by atoms with Crippen molar-refractivity contribution in [3.05, 3.63) is 21.3 Å². The van der Waals surface area contributed by atoms with E-state index < -0.39 is 5.54 Å². The molecule has 106 valence electrons. The molecule has 1 amide bonds. The van der Waals surface area contributed by atoms with E-state index in [1.807, 2.05) is 30.9 Å². The molecule has 2 rings (SSSR count). The SMILES string of the molecule is CCN(Cc1ccc(Cl)s1)C(=O)C1(C)CCCCN1. The van der Waals surface area contributed by atoms with Crippen LogP contribution in [0.15, 0.2) is 12.1 Å². The van der Waals surface area contributed by atoms with Crippen molar-refractivity contribution in [2.45, 2.75) is 45.2 Å². The van der Waals surface area contributed by atoms with Gasteiger partial charge in [-0.3, -0.25) is 4.79 Å². The van der Waals surface area contributed by atoms with E-state index in [2.05, 4.69) is 5.32 Å². The summed E-state index contributed by atoms with van der Waals surface area (Å²) >= 11 is 7.49. The number of amides is 1. The van der Waals surface area contributed by atoms with Gasteiger partial charge in [0.15, 0.2) is 0 Å². The molecule has 0 aromatic carbocycles. The molecule has 1 aromatic heterocycles. The molecule has 1 aromatic rings. The van der Waals surface area contributed by atoms with Crippen molar-refractivity contribution >= 4 is 28.8 Å². The van der Waals surface area contributed by atoms with Crippen LogP contribution in [-0.2, 0) is 11.3 Å². The molecular weight excluding hydrogens is 280 g/mol. The lowest BCUT2D eigenvalue weighted by Gasteiger charge is -2.37. The number of hydrogen-bond donors (Lipinski definition) is 1. The van der Waals surface area contributed by atoms with Gasteiger partial charge in [-0.1, -0.05) is 11.6 Å². The monoisotopic (exact) mass is 300 g/mol. The van der Waals surface area contributed by atoms with Gasteiger partial charge < -0.3 is 10.2 Å². The Kier molecular flexibility index (Phi) is 4.87. The van der Waals surface area contributed by atoms with Crippen molar-refractivity contribution in [1.82, 2.24) is 10.2 Å². The number of nitrogens with zero attached hydrogens (tertiary/aromatic N) is 1. The van der Waals surface area contributed by atoms with Crippen LogP contribution >= 0.6 is 22.9 Å². The van der Waals surface area contributed by atoms with Gasteiger partial charge in [0.05, 0.1) is 16.4 Å². The Morgan fingerprint density at radius 3 is 2.84 bits per heavy atom. The number of likely N-dealkylation sites (N-methyl/N-ethyl adjacent to an activating group) is 1. The second-order valence-corrected chi connectivity index (χ2v) is 7.04. The van der Waals surface area contributed by atoms with E-state index in [-0.39, 0.29) is 5.91 Å². The molecule has 0 radical (unpaired) electrons. The third-order valence-corrected chi connectivity index (χ3v) is 4.95. The Balaban J connectivity index is 2.06. The maximum absolute atomic E-state index is 12.7. The standard InChI is InChI=1S/C14H21ClN2OS/c1-3-17(10-11-6-7-12(15)19-11)13(18)14(2)8-4-5-9-16-14/h6-7,16H,3-5,8-10H2,1-2H3. The molecule has 19 heavy (non-hydrogen) atoms. The highest BCUT2D eigenvalue weighted by Gasteiger charge is 2.37. The lowest BCUT2D eigenvalue weighted by molar-refractivity contribution is -0.139. The van der Waals surface area contributed by atoms with E-state index in [0.29, 0.717) is 6.54 Å². The highest BCUT2D eigenvalue weighted by molar-refractivity contribution is 7.16. The first kappa shape index (κ1) is 14.8. The van der Waals surface area contributed by atoms with Crippen molar-refractivity contribution in [2.75, 3.05) is 13.1 Å². The number of piperidine rings is 1. The van der Waals surface area contributed by atoms with Crippen LogP contribution in [0.25, 0.3) is 0 Å². The minimum absolute atomic E-state index is 0.208. The molecule has 0 aliphatic carbocycles. The predicted molar refractivity (Wildman–Crippen MR) is 80.7 cm³/mol. The molecule has 2 heterocycles. The molecule has 1 fully saturated rings.